The maximum atomic E-state index is 12.7. The smallest absolute Gasteiger partial charge is 0.229 e. The van der Waals surface area contributed by atoms with Gasteiger partial charge in [0.25, 0.3) is 0 Å². The summed E-state index contributed by atoms with van der Waals surface area (Å²) in [4.78, 5) is 31.1. The largest absolute Gasteiger partial charge is 0.342 e. The van der Waals surface area contributed by atoms with Gasteiger partial charge in [-0.2, -0.15) is 5.10 Å². The minimum Gasteiger partial charge on any atom is -0.342 e. The molecule has 0 spiro atoms. The second kappa shape index (κ2) is 8.68. The predicted molar refractivity (Wildman–Crippen MR) is 110 cm³/mol. The molecule has 1 aromatic carbocycles. The number of piperidine rings is 1. The van der Waals surface area contributed by atoms with Gasteiger partial charge in [-0.15, -0.1) is 0 Å². The summed E-state index contributed by atoms with van der Waals surface area (Å²) < 4.78 is 0. The van der Waals surface area contributed by atoms with Crippen molar-refractivity contribution in [3.63, 3.8) is 0 Å². The number of benzene rings is 1. The van der Waals surface area contributed by atoms with Gasteiger partial charge in [0.2, 0.25) is 11.8 Å². The first-order valence-electron chi connectivity index (χ1n) is 9.76. The molecule has 4 rings (SSSR count). The molecular formula is C22H23N5O2. The van der Waals surface area contributed by atoms with E-state index in [0.29, 0.717) is 19.5 Å². The second-order valence-electron chi connectivity index (χ2n) is 7.25. The molecule has 1 fully saturated rings. The van der Waals surface area contributed by atoms with Crippen LogP contribution in [0.4, 0.5) is 5.69 Å². The van der Waals surface area contributed by atoms with E-state index in [1.54, 1.807) is 23.5 Å². The van der Waals surface area contributed by atoms with Crippen LogP contribution in [0.25, 0.3) is 11.3 Å². The van der Waals surface area contributed by atoms with Gasteiger partial charge in [0, 0.05) is 37.4 Å². The zero-order chi connectivity index (χ0) is 20.1. The first-order valence-corrected chi connectivity index (χ1v) is 9.76. The van der Waals surface area contributed by atoms with Crippen LogP contribution in [0, 0.1) is 5.92 Å². The van der Waals surface area contributed by atoms with E-state index < -0.39 is 0 Å². The maximum absolute atomic E-state index is 12.7. The van der Waals surface area contributed by atoms with E-state index in [9.17, 15) is 9.59 Å². The lowest BCUT2D eigenvalue weighted by Crippen LogP contribution is -2.44. The minimum atomic E-state index is -0.197. The quantitative estimate of drug-likeness (QED) is 0.702. The van der Waals surface area contributed by atoms with Crippen LogP contribution < -0.4 is 5.32 Å². The molecule has 0 radical (unpaired) electrons. The molecule has 1 atom stereocenters. The van der Waals surface area contributed by atoms with Crippen molar-refractivity contribution >= 4 is 17.5 Å². The molecular weight excluding hydrogens is 366 g/mol. The number of rotatable bonds is 5. The van der Waals surface area contributed by atoms with Crippen molar-refractivity contribution in [3.05, 3.63) is 66.6 Å². The number of nitrogens with zero attached hydrogens (tertiary/aromatic N) is 3. The number of nitrogens with one attached hydrogen (secondary N) is 2. The van der Waals surface area contributed by atoms with Crippen LogP contribution in [0.3, 0.4) is 0 Å². The third-order valence-corrected chi connectivity index (χ3v) is 5.21. The highest BCUT2D eigenvalue weighted by atomic mass is 16.2. The molecule has 2 N–H and O–H groups in total. The van der Waals surface area contributed by atoms with E-state index in [-0.39, 0.29) is 17.7 Å². The Kier molecular flexibility index (Phi) is 5.65. The molecule has 7 heteroatoms. The molecule has 1 aliphatic heterocycles. The maximum Gasteiger partial charge on any atom is 0.229 e. The minimum absolute atomic E-state index is 0.0410. The van der Waals surface area contributed by atoms with E-state index in [2.05, 4.69) is 20.5 Å². The van der Waals surface area contributed by atoms with Gasteiger partial charge in [0.15, 0.2) is 0 Å². The molecule has 1 aliphatic rings. The molecule has 3 aromatic rings. The average molecular weight is 389 g/mol. The zero-order valence-corrected chi connectivity index (χ0v) is 16.0. The van der Waals surface area contributed by atoms with Crippen molar-refractivity contribution in [3.8, 4) is 11.3 Å². The van der Waals surface area contributed by atoms with Gasteiger partial charge in [-0.1, -0.05) is 12.1 Å². The van der Waals surface area contributed by atoms with E-state index in [1.165, 1.54) is 0 Å². The third-order valence-electron chi connectivity index (χ3n) is 5.21. The van der Waals surface area contributed by atoms with Crippen molar-refractivity contribution in [1.82, 2.24) is 20.1 Å². The fourth-order valence-corrected chi connectivity index (χ4v) is 3.60. The Labute approximate surface area is 169 Å². The Hall–Kier alpha value is -3.48. The first-order chi connectivity index (χ1) is 14.2. The number of amides is 2. The predicted octanol–water partition coefficient (Wildman–Crippen LogP) is 2.89. The topological polar surface area (TPSA) is 91.0 Å². The normalized spacial score (nSPS) is 16.4. The standard InChI is InChI=1S/C22H23N5O2/c28-21(14-16-7-10-23-11-8-16)27-13-1-2-18(15-27)22(29)25-19-5-3-17(4-6-19)20-9-12-24-26-20/h3-12,18H,1-2,13-15H2,(H,24,26)(H,25,29). The molecule has 7 nitrogen and oxygen atoms in total. The van der Waals surface area contributed by atoms with Crippen LogP contribution in [-0.4, -0.2) is 45.0 Å². The number of carbonyl (C=O) groups is 2. The fourth-order valence-electron chi connectivity index (χ4n) is 3.60. The summed E-state index contributed by atoms with van der Waals surface area (Å²) in [5.74, 6) is -0.185. The summed E-state index contributed by atoms with van der Waals surface area (Å²) in [6.07, 6.45) is 7.04. The molecule has 148 valence electrons. The highest BCUT2D eigenvalue weighted by molar-refractivity contribution is 5.93. The summed E-state index contributed by atoms with van der Waals surface area (Å²) >= 11 is 0. The lowest BCUT2D eigenvalue weighted by atomic mass is 9.96. The molecule has 29 heavy (non-hydrogen) atoms. The van der Waals surface area contributed by atoms with Gasteiger partial charge >= 0.3 is 0 Å². The number of likely N-dealkylation sites (tertiary alicyclic amines) is 1. The van der Waals surface area contributed by atoms with Crippen LogP contribution in [0.5, 0.6) is 0 Å². The second-order valence-corrected chi connectivity index (χ2v) is 7.25. The monoisotopic (exact) mass is 389 g/mol. The van der Waals surface area contributed by atoms with Crippen LogP contribution in [0.15, 0.2) is 61.1 Å². The van der Waals surface area contributed by atoms with E-state index in [1.807, 2.05) is 42.5 Å². The molecule has 0 bridgehead atoms. The van der Waals surface area contributed by atoms with Crippen molar-refractivity contribution < 1.29 is 9.59 Å². The number of carbonyl (C=O) groups excluding carboxylic acids is 2. The summed E-state index contributed by atoms with van der Waals surface area (Å²) in [7, 11) is 0. The van der Waals surface area contributed by atoms with E-state index >= 15 is 0 Å². The molecule has 0 aliphatic carbocycles. The van der Waals surface area contributed by atoms with Gasteiger partial charge in [-0.3, -0.25) is 19.7 Å². The zero-order valence-electron chi connectivity index (χ0n) is 16.0. The van der Waals surface area contributed by atoms with E-state index in [4.69, 9.17) is 0 Å². The number of aromatic amines is 1. The highest BCUT2D eigenvalue weighted by Crippen LogP contribution is 2.22. The summed E-state index contributed by atoms with van der Waals surface area (Å²) in [6.45, 7) is 1.16. The SMILES string of the molecule is O=C(Nc1ccc(-c2ccn[nH]2)cc1)C1CCCN(C(=O)Cc2ccncc2)C1. The van der Waals surface area contributed by atoms with Gasteiger partial charge in [0.05, 0.1) is 18.0 Å². The van der Waals surface area contributed by atoms with Gasteiger partial charge in [-0.05, 0) is 54.3 Å². The molecule has 3 heterocycles. The van der Waals surface area contributed by atoms with Crippen LogP contribution >= 0.6 is 0 Å². The van der Waals surface area contributed by atoms with Crippen LogP contribution in [0.2, 0.25) is 0 Å². The average Bonchev–Trinajstić information content (AvgIpc) is 3.30. The number of anilines is 1. The Bertz CT molecular complexity index is 955. The summed E-state index contributed by atoms with van der Waals surface area (Å²) in [6, 6.07) is 13.2. The van der Waals surface area contributed by atoms with Crippen molar-refractivity contribution in [2.24, 2.45) is 5.92 Å². The molecule has 2 aromatic heterocycles. The Morgan fingerprint density at radius 1 is 1.07 bits per heavy atom. The number of pyridine rings is 1. The Balaban J connectivity index is 1.34. The lowest BCUT2D eigenvalue weighted by molar-refractivity contribution is -0.133. The van der Waals surface area contributed by atoms with Gasteiger partial charge in [0.1, 0.15) is 0 Å². The van der Waals surface area contributed by atoms with Gasteiger partial charge < -0.3 is 10.2 Å². The first kappa shape index (κ1) is 18.9. The number of hydrogen-bond donors (Lipinski definition) is 2. The summed E-state index contributed by atoms with van der Waals surface area (Å²) in [5, 5.41) is 9.85. The lowest BCUT2D eigenvalue weighted by Gasteiger charge is -2.32. The number of H-pyrrole nitrogens is 1. The Morgan fingerprint density at radius 3 is 2.59 bits per heavy atom. The summed E-state index contributed by atoms with van der Waals surface area (Å²) in [5.41, 5.74) is 3.62. The highest BCUT2D eigenvalue weighted by Gasteiger charge is 2.28. The Morgan fingerprint density at radius 2 is 1.86 bits per heavy atom. The van der Waals surface area contributed by atoms with Gasteiger partial charge in [-0.25, -0.2) is 0 Å². The van der Waals surface area contributed by atoms with Crippen molar-refractivity contribution in [1.29, 1.82) is 0 Å². The number of aromatic nitrogens is 3. The van der Waals surface area contributed by atoms with Crippen molar-refractivity contribution in [2.45, 2.75) is 19.3 Å². The molecule has 2 amide bonds. The van der Waals surface area contributed by atoms with Crippen LogP contribution in [-0.2, 0) is 16.0 Å². The third kappa shape index (κ3) is 4.68. The number of hydrogen-bond acceptors (Lipinski definition) is 4. The fraction of sp³-hybridized carbons (Fsp3) is 0.273. The van der Waals surface area contributed by atoms with Crippen molar-refractivity contribution in [2.75, 3.05) is 18.4 Å². The molecule has 1 unspecified atom stereocenters. The van der Waals surface area contributed by atoms with Crippen LogP contribution in [0.1, 0.15) is 18.4 Å². The van der Waals surface area contributed by atoms with E-state index in [0.717, 1.165) is 35.3 Å². The molecule has 0 saturated carbocycles. The molecule has 1 saturated heterocycles.